The molecule has 3 aromatic carbocycles. The average molecular weight is 1100 g/mol. The summed E-state index contributed by atoms with van der Waals surface area (Å²) in [5.74, 6) is -1.99. The average Bonchev–Trinajstić information content (AvgIpc) is 4.20. The number of carbonyl (C=O) groups is 3. The van der Waals surface area contributed by atoms with E-state index >= 15 is 4.39 Å². The number of hydrogen-bond donors (Lipinski definition) is 5. The van der Waals surface area contributed by atoms with Crippen LogP contribution in [0.3, 0.4) is 0 Å². The maximum Gasteiger partial charge on any atom is 0.319 e. The Bertz CT molecular complexity index is 3140. The number of aliphatic hydroxyl groups is 1. The number of aliphatic hydroxyl groups excluding tert-OH is 1. The number of carbonyl (C=O) groups excluding carboxylic acids is 3. The molecule has 404 valence electrons. The highest BCUT2D eigenvalue weighted by molar-refractivity contribution is 7.22. The van der Waals surface area contributed by atoms with Crippen molar-refractivity contribution in [2.75, 3.05) is 56.5 Å². The summed E-state index contributed by atoms with van der Waals surface area (Å²) in [5, 5.41) is 21.0. The van der Waals surface area contributed by atoms with Crippen molar-refractivity contribution >= 4 is 84.1 Å². The topological polar surface area (TPSA) is 213 Å². The highest BCUT2D eigenvalue weighted by atomic mass is 35.5. The number of amides is 3. The van der Waals surface area contributed by atoms with Crippen LogP contribution in [0.2, 0.25) is 5.02 Å². The molecular formula is C54H64ClF2N11O6S2. The Morgan fingerprint density at radius 1 is 0.974 bits per heavy atom. The number of thiazole rings is 2. The third-order valence-corrected chi connectivity index (χ3v) is 17.2. The van der Waals surface area contributed by atoms with Gasteiger partial charge in [0, 0.05) is 74.3 Å². The molecule has 4 fully saturated rings. The smallest absolute Gasteiger partial charge is 0.319 e. The number of piperidine rings is 1. The van der Waals surface area contributed by atoms with E-state index in [0.717, 1.165) is 45.9 Å². The summed E-state index contributed by atoms with van der Waals surface area (Å²) in [6.45, 7) is 14.1. The number of fused-ring (bicyclic) bond motifs is 4. The van der Waals surface area contributed by atoms with Crippen LogP contribution < -0.4 is 31.3 Å². The first kappa shape index (κ1) is 53.7. The minimum atomic E-state index is -0.997. The van der Waals surface area contributed by atoms with Crippen molar-refractivity contribution in [1.29, 1.82) is 0 Å². The molecule has 0 radical (unpaired) electrons. The Hall–Kier alpha value is -5.68. The number of nitrogens with zero attached hydrogens (tertiary/aromatic N) is 7. The Morgan fingerprint density at radius 3 is 2.38 bits per heavy atom. The molecule has 0 saturated carbocycles. The molecule has 6 N–H and O–H groups in total. The summed E-state index contributed by atoms with van der Waals surface area (Å²) >= 11 is 9.45. The van der Waals surface area contributed by atoms with Crippen LogP contribution in [0.4, 0.5) is 19.7 Å². The van der Waals surface area contributed by atoms with Gasteiger partial charge in [0.25, 0.3) is 0 Å². The molecule has 7 heterocycles. The van der Waals surface area contributed by atoms with Crippen LogP contribution in [0.5, 0.6) is 6.01 Å². The Morgan fingerprint density at radius 2 is 1.70 bits per heavy atom. The minimum absolute atomic E-state index is 0.0148. The van der Waals surface area contributed by atoms with Gasteiger partial charge in [-0.25, -0.2) is 18.7 Å². The number of nitrogens with two attached hydrogens (primary N) is 1. The summed E-state index contributed by atoms with van der Waals surface area (Å²) in [6, 6.07) is 10.5. The summed E-state index contributed by atoms with van der Waals surface area (Å²) in [4.78, 5) is 66.7. The SMILES string of the molecule is Cc1ncsc1-c1ccc([C@H](C)NC(=O)[C@@H]2C[C@@H](O)CN2C(=O)[C@@H](NC(=O)COC2CCN(CC(C)Oc3nc(N4CC5CCC(C4)N5)c4cc(Cl)c(-c5ccc(F)c6sc(N)nc56)c(F)c4n3)CC2)C(C)(C)C)cc1. The first-order chi connectivity index (χ1) is 36.3. The number of anilines is 2. The van der Waals surface area contributed by atoms with Crippen LogP contribution in [0.1, 0.15) is 84.0 Å². The van der Waals surface area contributed by atoms with Gasteiger partial charge in [-0.2, -0.15) is 9.97 Å². The van der Waals surface area contributed by atoms with E-state index in [9.17, 15) is 23.9 Å². The van der Waals surface area contributed by atoms with Crippen LogP contribution in [-0.2, 0) is 19.1 Å². The van der Waals surface area contributed by atoms with Gasteiger partial charge in [0.05, 0.1) is 49.6 Å². The molecule has 3 amide bonds. The summed E-state index contributed by atoms with van der Waals surface area (Å²) in [7, 11) is 0. The van der Waals surface area contributed by atoms with Crippen molar-refractivity contribution in [2.24, 2.45) is 5.41 Å². The molecule has 3 aromatic heterocycles. The number of piperazine rings is 1. The lowest BCUT2D eigenvalue weighted by atomic mass is 9.85. The van der Waals surface area contributed by atoms with E-state index in [1.54, 1.807) is 17.4 Å². The van der Waals surface area contributed by atoms with Gasteiger partial charge in [0.2, 0.25) is 17.7 Å². The number of ether oxygens (including phenoxy) is 2. The normalized spacial score (nSPS) is 21.6. The van der Waals surface area contributed by atoms with Gasteiger partial charge in [0.15, 0.2) is 10.9 Å². The number of halogens is 3. The van der Waals surface area contributed by atoms with Crippen molar-refractivity contribution < 1.29 is 37.7 Å². The van der Waals surface area contributed by atoms with Gasteiger partial charge in [-0.1, -0.05) is 68.0 Å². The van der Waals surface area contributed by atoms with Gasteiger partial charge >= 0.3 is 6.01 Å². The maximum absolute atomic E-state index is 17.1. The third kappa shape index (κ3) is 11.3. The molecule has 7 atom stereocenters. The van der Waals surface area contributed by atoms with Gasteiger partial charge in [0.1, 0.15) is 41.9 Å². The molecule has 10 rings (SSSR count). The van der Waals surface area contributed by atoms with Crippen molar-refractivity contribution in [3.63, 3.8) is 0 Å². The van der Waals surface area contributed by atoms with Crippen LogP contribution in [-0.4, -0.2) is 141 Å². The third-order valence-electron chi connectivity index (χ3n) is 15.0. The molecule has 4 saturated heterocycles. The monoisotopic (exact) mass is 1100 g/mol. The number of nitrogen functional groups attached to an aromatic ring is 1. The second-order valence-corrected chi connectivity index (χ2v) is 24.1. The molecule has 2 bridgehead atoms. The van der Waals surface area contributed by atoms with E-state index in [1.807, 2.05) is 71.3 Å². The molecular weight excluding hydrogens is 1040 g/mol. The zero-order valence-electron chi connectivity index (χ0n) is 43.4. The lowest BCUT2D eigenvalue weighted by Crippen LogP contribution is -2.58. The largest absolute Gasteiger partial charge is 0.459 e. The lowest BCUT2D eigenvalue weighted by Gasteiger charge is -2.36. The van der Waals surface area contributed by atoms with Crippen LogP contribution >= 0.6 is 34.3 Å². The summed E-state index contributed by atoms with van der Waals surface area (Å²) < 4.78 is 44.7. The number of β-amino-alcohol motifs (C(OH)–C–C–N with tert-alkyl or cyclic N) is 1. The highest BCUT2D eigenvalue weighted by Crippen LogP contribution is 2.43. The van der Waals surface area contributed by atoms with E-state index < -0.39 is 53.2 Å². The van der Waals surface area contributed by atoms with E-state index in [-0.39, 0.29) is 87.2 Å². The number of aromatic nitrogens is 4. The standard InChI is InChI=1S/C54H64ClF2N11O6S2/c1-27(74-53-64-44-37(49(65-53)67-22-32-11-12-33(23-67)61-32)20-38(55)42(43(44)57)36-13-14-39(56)47-45(36)63-52(58)76-47)21-66-17-15-35(16-18-66)73-25-41(70)62-48(54(4,5)6)51(72)68-24-34(69)19-40(68)50(71)60-28(2)30-7-9-31(10-8-30)46-29(3)59-26-75-46/h7-10,13-14,20,26-28,32-35,40,48,61,69H,11-12,15-19,21-25H2,1-6H3,(H2,58,63)(H,60,71)(H,62,70)/t27?,28-,32?,33?,34+,40-,48+/m0/s1. The Labute approximate surface area is 452 Å². The number of nitrogens with one attached hydrogen (secondary N) is 3. The lowest BCUT2D eigenvalue weighted by molar-refractivity contribution is -0.145. The van der Waals surface area contributed by atoms with Gasteiger partial charge < -0.3 is 46.1 Å². The molecule has 4 aliphatic rings. The van der Waals surface area contributed by atoms with Crippen molar-refractivity contribution in [3.8, 4) is 27.6 Å². The minimum Gasteiger partial charge on any atom is -0.459 e. The first-order valence-electron chi connectivity index (χ1n) is 25.9. The molecule has 3 unspecified atom stereocenters. The molecule has 4 aliphatic heterocycles. The predicted octanol–water partition coefficient (Wildman–Crippen LogP) is 7.41. The summed E-state index contributed by atoms with van der Waals surface area (Å²) in [6.07, 6.45) is 1.86. The zero-order chi connectivity index (χ0) is 53.7. The zero-order valence-corrected chi connectivity index (χ0v) is 45.8. The fraction of sp³-hybridized carbons (Fsp3) is 0.500. The van der Waals surface area contributed by atoms with E-state index in [0.29, 0.717) is 62.3 Å². The van der Waals surface area contributed by atoms with Crippen molar-refractivity contribution in [3.05, 3.63) is 75.9 Å². The molecule has 76 heavy (non-hydrogen) atoms. The fourth-order valence-corrected chi connectivity index (χ4v) is 13.0. The number of rotatable bonds is 15. The van der Waals surface area contributed by atoms with E-state index in [4.69, 9.17) is 31.8 Å². The maximum atomic E-state index is 17.1. The van der Waals surface area contributed by atoms with E-state index in [1.165, 1.54) is 17.0 Å². The quantitative estimate of drug-likeness (QED) is 0.0678. The molecule has 0 spiro atoms. The number of aryl methyl sites for hydroxylation is 1. The number of hydrogen-bond acceptors (Lipinski definition) is 16. The van der Waals surface area contributed by atoms with Crippen LogP contribution in [0.25, 0.3) is 42.7 Å². The Balaban J connectivity index is 0.749. The summed E-state index contributed by atoms with van der Waals surface area (Å²) in [5.41, 5.74) is 10.5. The predicted molar refractivity (Wildman–Crippen MR) is 292 cm³/mol. The molecule has 0 aliphatic carbocycles. The highest BCUT2D eigenvalue weighted by Gasteiger charge is 2.45. The second-order valence-electron chi connectivity index (χ2n) is 21.8. The molecule has 17 nitrogen and oxygen atoms in total. The van der Waals surface area contributed by atoms with E-state index in [2.05, 4.69) is 40.7 Å². The van der Waals surface area contributed by atoms with Crippen molar-refractivity contribution in [2.45, 2.75) is 122 Å². The molecule has 6 aromatic rings. The second kappa shape index (κ2) is 22.0. The number of likely N-dealkylation sites (tertiary alicyclic amines) is 2. The number of benzene rings is 3. The first-order valence-corrected chi connectivity index (χ1v) is 28.0. The van der Waals surface area contributed by atoms with Gasteiger partial charge in [-0.3, -0.25) is 19.3 Å². The fourth-order valence-electron chi connectivity index (χ4n) is 11.1. The van der Waals surface area contributed by atoms with Crippen LogP contribution in [0, 0.1) is 24.0 Å². The van der Waals surface area contributed by atoms with Crippen LogP contribution in [0.15, 0.2) is 48.0 Å². The van der Waals surface area contributed by atoms with Crippen molar-refractivity contribution in [1.82, 2.24) is 45.7 Å². The Kier molecular flexibility index (Phi) is 15.5. The molecule has 22 heteroatoms. The van der Waals surface area contributed by atoms with Gasteiger partial charge in [-0.15, -0.1) is 11.3 Å². The van der Waals surface area contributed by atoms with Gasteiger partial charge in [-0.05, 0) is 81.2 Å².